The minimum Gasteiger partial charge on any atom is -0.475 e. The molecule has 1 aromatic rings. The first kappa shape index (κ1) is 10.5. The zero-order chi connectivity index (χ0) is 10.6. The summed E-state index contributed by atoms with van der Waals surface area (Å²) in [5.41, 5.74) is 10.7. The lowest BCUT2D eigenvalue weighted by atomic mass is 10.4. The first-order valence-corrected chi connectivity index (χ1v) is 3.93. The molecule has 1 rings (SSSR count). The molecule has 0 aliphatic carbocycles. The monoisotopic (exact) mass is 200 g/mol. The van der Waals surface area contributed by atoms with E-state index in [2.05, 4.69) is 9.97 Å². The molecule has 6 N–H and O–H groups in total. The summed E-state index contributed by atoms with van der Waals surface area (Å²) in [5.74, 6) is 0.354. The molecule has 78 valence electrons. The first-order chi connectivity index (χ1) is 6.61. The molecular formula is C7H12N4O3. The predicted octanol–water partition coefficient (Wildman–Crippen LogP) is -1.63. The average molecular weight is 200 g/mol. The number of aromatic nitrogens is 2. The van der Waals surface area contributed by atoms with Gasteiger partial charge in [0.2, 0.25) is 11.8 Å². The van der Waals surface area contributed by atoms with E-state index in [1.54, 1.807) is 0 Å². The zero-order valence-electron chi connectivity index (χ0n) is 7.42. The molecule has 0 aliphatic heterocycles. The Bertz CT molecular complexity index is 287. The minimum absolute atomic E-state index is 0.00140. The summed E-state index contributed by atoms with van der Waals surface area (Å²) in [6, 6.07) is 1.38. The van der Waals surface area contributed by atoms with Gasteiger partial charge in [-0.05, 0) is 0 Å². The third kappa shape index (κ3) is 3.04. The maximum Gasteiger partial charge on any atom is 0.225 e. The van der Waals surface area contributed by atoms with Crippen LogP contribution in [0.5, 0.6) is 5.88 Å². The summed E-state index contributed by atoms with van der Waals surface area (Å²) in [4.78, 5) is 7.35. The molecule has 0 fully saturated rings. The SMILES string of the molecule is Nc1cc(OCC(O)CO)nc(N)n1. The van der Waals surface area contributed by atoms with Crippen LogP contribution >= 0.6 is 0 Å². The van der Waals surface area contributed by atoms with Gasteiger partial charge >= 0.3 is 0 Å². The predicted molar refractivity (Wildman–Crippen MR) is 49.4 cm³/mol. The summed E-state index contributed by atoms with van der Waals surface area (Å²) in [6.45, 7) is -0.456. The van der Waals surface area contributed by atoms with E-state index in [9.17, 15) is 0 Å². The van der Waals surface area contributed by atoms with E-state index in [1.807, 2.05) is 0 Å². The molecule has 0 radical (unpaired) electrons. The highest BCUT2D eigenvalue weighted by Gasteiger charge is 2.05. The van der Waals surface area contributed by atoms with Crippen LogP contribution in [0.3, 0.4) is 0 Å². The second-order valence-electron chi connectivity index (χ2n) is 2.64. The van der Waals surface area contributed by atoms with Gasteiger partial charge in [-0.15, -0.1) is 0 Å². The van der Waals surface area contributed by atoms with Crippen LogP contribution in [-0.4, -0.2) is 39.5 Å². The Labute approximate surface area is 80.3 Å². The lowest BCUT2D eigenvalue weighted by molar-refractivity contribution is 0.0521. The van der Waals surface area contributed by atoms with Crippen LogP contribution in [0.1, 0.15) is 0 Å². The minimum atomic E-state index is -0.951. The van der Waals surface area contributed by atoms with E-state index in [0.717, 1.165) is 0 Å². The molecule has 0 bridgehead atoms. The van der Waals surface area contributed by atoms with Gasteiger partial charge in [-0.2, -0.15) is 9.97 Å². The van der Waals surface area contributed by atoms with Gasteiger partial charge in [0, 0.05) is 6.07 Å². The Morgan fingerprint density at radius 2 is 2.14 bits per heavy atom. The van der Waals surface area contributed by atoms with Crippen LogP contribution in [0.2, 0.25) is 0 Å². The van der Waals surface area contributed by atoms with E-state index in [1.165, 1.54) is 6.07 Å². The van der Waals surface area contributed by atoms with Crippen molar-refractivity contribution in [1.29, 1.82) is 0 Å². The summed E-state index contributed by atoms with van der Waals surface area (Å²) in [6.07, 6.45) is -0.951. The fourth-order valence-electron chi connectivity index (χ4n) is 0.769. The summed E-state index contributed by atoms with van der Waals surface area (Å²) in [5, 5.41) is 17.5. The summed E-state index contributed by atoms with van der Waals surface area (Å²) < 4.78 is 5.00. The smallest absolute Gasteiger partial charge is 0.225 e. The molecule has 0 aromatic carbocycles. The first-order valence-electron chi connectivity index (χ1n) is 3.93. The van der Waals surface area contributed by atoms with E-state index >= 15 is 0 Å². The van der Waals surface area contributed by atoms with Gasteiger partial charge in [0.05, 0.1) is 6.61 Å². The van der Waals surface area contributed by atoms with Gasteiger partial charge < -0.3 is 26.4 Å². The number of rotatable bonds is 4. The standard InChI is InChI=1S/C7H12N4O3/c8-5-1-6(11-7(9)10-5)14-3-4(13)2-12/h1,4,12-13H,2-3H2,(H4,8,9,10,11). The average Bonchev–Trinajstić information content (AvgIpc) is 2.12. The third-order valence-electron chi connectivity index (χ3n) is 1.37. The van der Waals surface area contributed by atoms with E-state index in [4.69, 9.17) is 26.4 Å². The van der Waals surface area contributed by atoms with Crippen molar-refractivity contribution in [1.82, 2.24) is 9.97 Å². The van der Waals surface area contributed by atoms with Crippen LogP contribution in [0.15, 0.2) is 6.07 Å². The van der Waals surface area contributed by atoms with Crippen molar-refractivity contribution in [3.8, 4) is 5.88 Å². The molecule has 0 saturated heterocycles. The van der Waals surface area contributed by atoms with Crippen LogP contribution in [0.25, 0.3) is 0 Å². The van der Waals surface area contributed by atoms with Gasteiger partial charge in [-0.3, -0.25) is 0 Å². The van der Waals surface area contributed by atoms with E-state index in [-0.39, 0.29) is 30.9 Å². The fraction of sp³-hybridized carbons (Fsp3) is 0.429. The van der Waals surface area contributed by atoms with Crippen molar-refractivity contribution in [2.24, 2.45) is 0 Å². The Hall–Kier alpha value is -1.60. The quantitative estimate of drug-likeness (QED) is 0.459. The molecule has 14 heavy (non-hydrogen) atoms. The van der Waals surface area contributed by atoms with Gasteiger partial charge in [-0.25, -0.2) is 0 Å². The molecule has 0 amide bonds. The molecule has 0 aliphatic rings. The highest BCUT2D eigenvalue weighted by atomic mass is 16.5. The van der Waals surface area contributed by atoms with Gasteiger partial charge in [0.25, 0.3) is 0 Å². The van der Waals surface area contributed by atoms with E-state index in [0.29, 0.717) is 0 Å². The Balaban J connectivity index is 2.58. The molecular weight excluding hydrogens is 188 g/mol. The number of hydrogen-bond donors (Lipinski definition) is 4. The molecule has 1 heterocycles. The van der Waals surface area contributed by atoms with E-state index < -0.39 is 6.10 Å². The van der Waals surface area contributed by atoms with Crippen molar-refractivity contribution in [3.05, 3.63) is 6.07 Å². The molecule has 7 heteroatoms. The van der Waals surface area contributed by atoms with Crippen molar-refractivity contribution in [2.75, 3.05) is 24.7 Å². The highest BCUT2D eigenvalue weighted by molar-refractivity contribution is 5.38. The number of ether oxygens (including phenoxy) is 1. The Morgan fingerprint density at radius 1 is 1.43 bits per heavy atom. The number of nitrogen functional groups attached to an aromatic ring is 2. The maximum absolute atomic E-state index is 8.98. The van der Waals surface area contributed by atoms with Crippen molar-refractivity contribution in [2.45, 2.75) is 6.10 Å². The van der Waals surface area contributed by atoms with Crippen LogP contribution in [0, 0.1) is 0 Å². The topological polar surface area (TPSA) is 128 Å². The molecule has 7 nitrogen and oxygen atoms in total. The van der Waals surface area contributed by atoms with Crippen LogP contribution < -0.4 is 16.2 Å². The van der Waals surface area contributed by atoms with Gasteiger partial charge in [0.15, 0.2) is 0 Å². The summed E-state index contributed by atoms with van der Waals surface area (Å²) >= 11 is 0. The Morgan fingerprint density at radius 3 is 2.71 bits per heavy atom. The van der Waals surface area contributed by atoms with Crippen molar-refractivity contribution in [3.63, 3.8) is 0 Å². The van der Waals surface area contributed by atoms with Crippen molar-refractivity contribution < 1.29 is 14.9 Å². The highest BCUT2D eigenvalue weighted by Crippen LogP contribution is 2.11. The number of anilines is 2. The molecule has 1 atom stereocenters. The number of aliphatic hydroxyl groups is 2. The zero-order valence-corrected chi connectivity index (χ0v) is 7.42. The number of nitrogens with two attached hydrogens (primary N) is 2. The second-order valence-corrected chi connectivity index (χ2v) is 2.64. The van der Waals surface area contributed by atoms with Gasteiger partial charge in [-0.1, -0.05) is 0 Å². The van der Waals surface area contributed by atoms with Gasteiger partial charge in [0.1, 0.15) is 18.5 Å². The van der Waals surface area contributed by atoms with Crippen LogP contribution in [-0.2, 0) is 0 Å². The summed E-state index contributed by atoms with van der Waals surface area (Å²) in [7, 11) is 0. The Kier molecular flexibility index (Phi) is 3.43. The molecule has 0 spiro atoms. The molecule has 0 saturated carbocycles. The number of hydrogen-bond acceptors (Lipinski definition) is 7. The molecule has 1 unspecified atom stereocenters. The normalized spacial score (nSPS) is 12.4. The third-order valence-corrected chi connectivity index (χ3v) is 1.37. The largest absolute Gasteiger partial charge is 0.475 e. The lowest BCUT2D eigenvalue weighted by Gasteiger charge is -2.09. The van der Waals surface area contributed by atoms with Crippen molar-refractivity contribution >= 4 is 11.8 Å². The second kappa shape index (κ2) is 4.58. The number of nitrogens with zero attached hydrogens (tertiary/aromatic N) is 2. The van der Waals surface area contributed by atoms with Crippen LogP contribution in [0.4, 0.5) is 11.8 Å². The number of aliphatic hydroxyl groups excluding tert-OH is 2. The lowest BCUT2D eigenvalue weighted by Crippen LogP contribution is -2.21. The fourth-order valence-corrected chi connectivity index (χ4v) is 0.769. The molecule has 1 aromatic heterocycles. The maximum atomic E-state index is 8.98.